The van der Waals surface area contributed by atoms with Gasteiger partial charge < -0.3 is 4.74 Å². The molecule has 0 heterocycles. The summed E-state index contributed by atoms with van der Waals surface area (Å²) in [5.74, 6) is -0.303. The van der Waals surface area contributed by atoms with E-state index in [0.29, 0.717) is 6.42 Å². The van der Waals surface area contributed by atoms with E-state index in [-0.39, 0.29) is 12.1 Å². The molecule has 0 spiro atoms. The van der Waals surface area contributed by atoms with Crippen LogP contribution in [0.1, 0.15) is 27.2 Å². The molecule has 1 unspecified atom stereocenters. The molecule has 1 fully saturated rings. The largest absolute Gasteiger partial charge is 0.462 e. The summed E-state index contributed by atoms with van der Waals surface area (Å²) in [5.41, 5.74) is -0.694. The van der Waals surface area contributed by atoms with Gasteiger partial charge >= 0.3 is 5.97 Å². The Kier molecular flexibility index (Phi) is 2.34. The van der Waals surface area contributed by atoms with Gasteiger partial charge in [0.05, 0.1) is 6.10 Å². The van der Waals surface area contributed by atoms with Crippen LogP contribution in [0.5, 0.6) is 0 Å². The molecular weight excluding hydrogens is 199 g/mol. The van der Waals surface area contributed by atoms with E-state index in [2.05, 4.69) is 0 Å². The molecule has 0 aliphatic heterocycles. The van der Waals surface area contributed by atoms with Crippen molar-refractivity contribution in [1.82, 2.24) is 0 Å². The lowest BCUT2D eigenvalue weighted by Crippen LogP contribution is -2.24. The van der Waals surface area contributed by atoms with Gasteiger partial charge in [-0.15, -0.1) is 23.2 Å². The maximum atomic E-state index is 11.4. The number of carbonyl (C=O) groups excluding carboxylic acids is 1. The molecule has 1 aliphatic rings. The topological polar surface area (TPSA) is 26.3 Å². The van der Waals surface area contributed by atoms with Crippen molar-refractivity contribution < 1.29 is 9.53 Å². The standard InChI is InChI=1S/C8H12Cl2O2/c1-5(2)12-6(11)7(3)4-8(7,9)10/h5H,4H2,1-3H3. The van der Waals surface area contributed by atoms with Crippen molar-refractivity contribution in [2.45, 2.75) is 37.6 Å². The van der Waals surface area contributed by atoms with Crippen molar-refractivity contribution in [3.8, 4) is 0 Å². The van der Waals surface area contributed by atoms with E-state index in [9.17, 15) is 4.79 Å². The highest BCUT2D eigenvalue weighted by molar-refractivity contribution is 6.53. The summed E-state index contributed by atoms with van der Waals surface area (Å²) >= 11 is 11.6. The van der Waals surface area contributed by atoms with Crippen molar-refractivity contribution >= 4 is 29.2 Å². The van der Waals surface area contributed by atoms with Gasteiger partial charge in [-0.2, -0.15) is 0 Å². The fourth-order valence-electron chi connectivity index (χ4n) is 0.965. The Hall–Kier alpha value is 0.0500. The van der Waals surface area contributed by atoms with E-state index < -0.39 is 9.75 Å². The van der Waals surface area contributed by atoms with Gasteiger partial charge in [0, 0.05) is 6.42 Å². The van der Waals surface area contributed by atoms with Gasteiger partial charge in [-0.1, -0.05) is 0 Å². The number of hydrogen-bond donors (Lipinski definition) is 0. The normalized spacial score (nSPS) is 31.8. The van der Waals surface area contributed by atoms with E-state index >= 15 is 0 Å². The third-order valence-corrected chi connectivity index (χ3v) is 3.15. The Morgan fingerprint density at radius 2 is 1.92 bits per heavy atom. The Bertz CT molecular complexity index is 213. The van der Waals surface area contributed by atoms with Gasteiger partial charge in [0.25, 0.3) is 0 Å². The fourth-order valence-corrected chi connectivity index (χ4v) is 1.65. The first kappa shape index (κ1) is 10.1. The van der Waals surface area contributed by atoms with Crippen molar-refractivity contribution in [2.75, 3.05) is 0 Å². The number of alkyl halides is 2. The predicted molar refractivity (Wildman–Crippen MR) is 48.4 cm³/mol. The molecule has 0 saturated heterocycles. The van der Waals surface area contributed by atoms with E-state index in [1.165, 1.54) is 0 Å². The van der Waals surface area contributed by atoms with Crippen molar-refractivity contribution in [2.24, 2.45) is 5.41 Å². The van der Waals surface area contributed by atoms with Crippen molar-refractivity contribution in [3.05, 3.63) is 0 Å². The maximum Gasteiger partial charge on any atom is 0.315 e. The second-order valence-corrected chi connectivity index (χ2v) is 5.15. The third-order valence-electron chi connectivity index (χ3n) is 2.05. The smallest absolute Gasteiger partial charge is 0.315 e. The van der Waals surface area contributed by atoms with Crippen LogP contribution in [0.2, 0.25) is 0 Å². The molecular formula is C8H12Cl2O2. The zero-order valence-electron chi connectivity index (χ0n) is 7.36. The monoisotopic (exact) mass is 210 g/mol. The Labute approximate surface area is 82.2 Å². The SMILES string of the molecule is CC(C)OC(=O)C1(C)CC1(Cl)Cl. The number of halogens is 2. The number of carbonyl (C=O) groups is 1. The molecule has 0 bridgehead atoms. The Morgan fingerprint density at radius 1 is 1.50 bits per heavy atom. The number of esters is 1. The zero-order valence-corrected chi connectivity index (χ0v) is 8.87. The molecule has 0 aromatic carbocycles. The van der Waals surface area contributed by atoms with Gasteiger partial charge in [-0.25, -0.2) is 0 Å². The number of hydrogen-bond acceptors (Lipinski definition) is 2. The average molecular weight is 211 g/mol. The van der Waals surface area contributed by atoms with Crippen molar-refractivity contribution in [3.63, 3.8) is 0 Å². The molecule has 0 radical (unpaired) electrons. The quantitative estimate of drug-likeness (QED) is 0.518. The van der Waals surface area contributed by atoms with Crippen LogP contribution in [0.4, 0.5) is 0 Å². The van der Waals surface area contributed by atoms with E-state index in [4.69, 9.17) is 27.9 Å². The van der Waals surface area contributed by atoms with E-state index in [0.717, 1.165) is 0 Å². The highest BCUT2D eigenvalue weighted by Gasteiger charge is 2.69. The van der Waals surface area contributed by atoms with Crippen LogP contribution >= 0.6 is 23.2 Å². The second-order valence-electron chi connectivity index (χ2n) is 3.67. The lowest BCUT2D eigenvalue weighted by molar-refractivity contribution is -0.153. The lowest BCUT2D eigenvalue weighted by atomic mass is 10.1. The molecule has 0 aromatic heterocycles. The summed E-state index contributed by atoms with van der Waals surface area (Å²) < 4.78 is 4.09. The second kappa shape index (κ2) is 2.78. The van der Waals surface area contributed by atoms with Gasteiger partial charge in [0.2, 0.25) is 0 Å². The van der Waals surface area contributed by atoms with Crippen LogP contribution in [0.15, 0.2) is 0 Å². The molecule has 4 heteroatoms. The van der Waals surface area contributed by atoms with Gasteiger partial charge in [-0.3, -0.25) is 4.79 Å². The van der Waals surface area contributed by atoms with Crippen LogP contribution in [-0.2, 0) is 9.53 Å². The first-order valence-corrected chi connectivity index (χ1v) is 4.64. The maximum absolute atomic E-state index is 11.4. The Morgan fingerprint density at radius 3 is 2.17 bits per heavy atom. The third kappa shape index (κ3) is 1.55. The summed E-state index contributed by atoms with van der Waals surface area (Å²) in [7, 11) is 0. The summed E-state index contributed by atoms with van der Waals surface area (Å²) in [4.78, 5) is 11.4. The molecule has 0 aromatic rings. The van der Waals surface area contributed by atoms with Crippen LogP contribution in [0.3, 0.4) is 0 Å². The molecule has 70 valence electrons. The van der Waals surface area contributed by atoms with Gasteiger partial charge in [0.1, 0.15) is 9.75 Å². The summed E-state index contributed by atoms with van der Waals surface area (Å²) in [6.45, 7) is 5.32. The lowest BCUT2D eigenvalue weighted by Gasteiger charge is -2.13. The van der Waals surface area contributed by atoms with E-state index in [1.807, 2.05) is 0 Å². The van der Waals surface area contributed by atoms with Crippen molar-refractivity contribution in [1.29, 1.82) is 0 Å². The molecule has 0 N–H and O–H groups in total. The highest BCUT2D eigenvalue weighted by Crippen LogP contribution is 2.64. The predicted octanol–water partition coefficient (Wildman–Crippen LogP) is 2.52. The molecule has 1 saturated carbocycles. The van der Waals surface area contributed by atoms with Crippen LogP contribution in [-0.4, -0.2) is 16.4 Å². The summed E-state index contributed by atoms with van der Waals surface area (Å²) in [6, 6.07) is 0. The number of rotatable bonds is 2. The van der Waals surface area contributed by atoms with Gasteiger partial charge in [0.15, 0.2) is 0 Å². The summed E-state index contributed by atoms with van der Waals surface area (Å²) in [5, 5.41) is 0. The molecule has 1 aliphatic carbocycles. The van der Waals surface area contributed by atoms with Crippen LogP contribution in [0, 0.1) is 5.41 Å². The van der Waals surface area contributed by atoms with Crippen LogP contribution in [0.25, 0.3) is 0 Å². The van der Waals surface area contributed by atoms with Gasteiger partial charge in [-0.05, 0) is 20.8 Å². The highest BCUT2D eigenvalue weighted by atomic mass is 35.5. The minimum absolute atomic E-state index is 0.112. The first-order chi connectivity index (χ1) is 5.29. The zero-order chi connectivity index (χ0) is 9.57. The molecule has 1 rings (SSSR count). The fraction of sp³-hybridized carbons (Fsp3) is 0.875. The molecule has 2 nitrogen and oxygen atoms in total. The Balaban J connectivity index is 2.56. The minimum Gasteiger partial charge on any atom is -0.462 e. The minimum atomic E-state index is -0.918. The van der Waals surface area contributed by atoms with Crippen LogP contribution < -0.4 is 0 Å². The molecule has 0 amide bonds. The number of ether oxygens (including phenoxy) is 1. The van der Waals surface area contributed by atoms with E-state index in [1.54, 1.807) is 20.8 Å². The molecule has 1 atom stereocenters. The summed E-state index contributed by atoms with van der Waals surface area (Å²) in [6.07, 6.45) is 0.369. The molecule has 12 heavy (non-hydrogen) atoms. The average Bonchev–Trinajstić information content (AvgIpc) is 2.32. The first-order valence-electron chi connectivity index (χ1n) is 3.88.